The molecule has 0 aliphatic carbocycles. The minimum atomic E-state index is -0.0926. The first kappa shape index (κ1) is 12.4. The largest absolute Gasteiger partial charge is 0.496 e. The molecule has 0 aliphatic rings. The zero-order valence-electron chi connectivity index (χ0n) is 9.53. The first-order chi connectivity index (χ1) is 8.15. The highest BCUT2D eigenvalue weighted by atomic mass is 35.5. The summed E-state index contributed by atoms with van der Waals surface area (Å²) in [5.41, 5.74) is 2.02. The van der Waals surface area contributed by atoms with Crippen molar-refractivity contribution >= 4 is 22.9 Å². The number of aliphatic hydroxyl groups is 1. The van der Waals surface area contributed by atoms with Gasteiger partial charge in [-0.1, -0.05) is 23.2 Å². The average Bonchev–Trinajstić information content (AvgIpc) is 2.70. The molecule has 0 unspecified atom stereocenters. The minimum Gasteiger partial charge on any atom is -0.496 e. The Morgan fingerprint density at radius 3 is 2.82 bits per heavy atom. The van der Waals surface area contributed by atoms with E-state index in [-0.39, 0.29) is 6.61 Å². The van der Waals surface area contributed by atoms with Crippen LogP contribution in [0.15, 0.2) is 18.2 Å². The number of hydrogen-bond donors (Lipinski definition) is 1. The number of nitrogens with zero attached hydrogens (tertiary/aromatic N) is 1. The average molecular weight is 270 g/mol. The summed E-state index contributed by atoms with van der Waals surface area (Å²) in [5, 5.41) is 10.2. The molecule has 1 heterocycles. The van der Waals surface area contributed by atoms with Crippen molar-refractivity contribution in [2.24, 2.45) is 0 Å². The van der Waals surface area contributed by atoms with Crippen molar-refractivity contribution in [2.75, 3.05) is 7.11 Å². The summed E-state index contributed by atoms with van der Waals surface area (Å²) in [5.74, 6) is 0.755. The van der Waals surface area contributed by atoms with E-state index in [0.717, 1.165) is 21.9 Å². The van der Waals surface area contributed by atoms with Crippen LogP contribution in [-0.4, -0.2) is 17.2 Å². The summed E-state index contributed by atoms with van der Waals surface area (Å²) in [6.45, 7) is 1.91. The van der Waals surface area contributed by atoms with Gasteiger partial charge in [0, 0.05) is 0 Å². The van der Waals surface area contributed by atoms with E-state index >= 15 is 0 Å². The predicted octanol–water partition coefficient (Wildman–Crippen LogP) is 3.27. The lowest BCUT2D eigenvalue weighted by atomic mass is 10.1. The van der Waals surface area contributed by atoms with Crippen molar-refractivity contribution in [1.82, 2.24) is 4.98 Å². The van der Waals surface area contributed by atoms with E-state index in [2.05, 4.69) is 4.98 Å². The Morgan fingerprint density at radius 2 is 2.24 bits per heavy atom. The number of ether oxygens (including phenoxy) is 1. The maximum Gasteiger partial charge on any atom is 0.146 e. The molecule has 0 aliphatic heterocycles. The Balaban J connectivity index is 2.54. The van der Waals surface area contributed by atoms with Gasteiger partial charge in [0.2, 0.25) is 0 Å². The van der Waals surface area contributed by atoms with Crippen molar-refractivity contribution in [2.45, 2.75) is 13.5 Å². The van der Waals surface area contributed by atoms with Crippen LogP contribution in [0.3, 0.4) is 0 Å². The molecule has 17 heavy (non-hydrogen) atoms. The van der Waals surface area contributed by atoms with Gasteiger partial charge in [0.1, 0.15) is 15.9 Å². The second-order valence-electron chi connectivity index (χ2n) is 3.59. The van der Waals surface area contributed by atoms with E-state index < -0.39 is 0 Å². The Bertz CT molecular complexity index is 539. The third-order valence-corrected chi connectivity index (χ3v) is 3.88. The topological polar surface area (TPSA) is 42.4 Å². The number of aliphatic hydroxyl groups excluding tert-OH is 1. The summed E-state index contributed by atoms with van der Waals surface area (Å²) >= 11 is 7.31. The zero-order valence-corrected chi connectivity index (χ0v) is 11.1. The lowest BCUT2D eigenvalue weighted by Gasteiger charge is -2.06. The maximum atomic E-state index is 9.11. The van der Waals surface area contributed by atoms with Gasteiger partial charge in [-0.05, 0) is 19.1 Å². The molecular weight excluding hydrogens is 258 g/mol. The zero-order chi connectivity index (χ0) is 12.4. The maximum absolute atomic E-state index is 9.11. The van der Waals surface area contributed by atoms with Crippen LogP contribution in [0.5, 0.6) is 5.75 Å². The highest BCUT2D eigenvalue weighted by molar-refractivity contribution is 7.15. The number of benzene rings is 1. The van der Waals surface area contributed by atoms with Crippen LogP contribution < -0.4 is 4.74 Å². The number of hydrogen-bond acceptors (Lipinski definition) is 4. The summed E-state index contributed by atoms with van der Waals surface area (Å²) in [6.07, 6.45) is 0. The van der Waals surface area contributed by atoms with Crippen molar-refractivity contribution in [3.63, 3.8) is 0 Å². The van der Waals surface area contributed by atoms with Gasteiger partial charge in [-0.25, -0.2) is 4.98 Å². The van der Waals surface area contributed by atoms with Gasteiger partial charge in [0.25, 0.3) is 0 Å². The molecular formula is C12H12ClNO2S. The van der Waals surface area contributed by atoms with E-state index in [1.165, 1.54) is 11.3 Å². The molecule has 5 heteroatoms. The number of rotatable bonds is 3. The van der Waals surface area contributed by atoms with Crippen molar-refractivity contribution < 1.29 is 9.84 Å². The summed E-state index contributed by atoms with van der Waals surface area (Å²) < 4.78 is 5.30. The predicted molar refractivity (Wildman–Crippen MR) is 69.8 cm³/mol. The summed E-state index contributed by atoms with van der Waals surface area (Å²) in [6, 6.07) is 5.87. The van der Waals surface area contributed by atoms with E-state index in [9.17, 15) is 0 Å². The fraction of sp³-hybridized carbons (Fsp3) is 0.250. The molecule has 2 aromatic rings. The molecule has 2 rings (SSSR count). The molecule has 3 nitrogen and oxygen atoms in total. The molecule has 90 valence electrons. The number of methoxy groups -OCH3 is 1. The molecule has 1 aromatic heterocycles. The lowest BCUT2D eigenvalue weighted by Crippen LogP contribution is -1.88. The van der Waals surface area contributed by atoms with Gasteiger partial charge in [-0.2, -0.15) is 0 Å². The molecule has 1 aromatic carbocycles. The summed E-state index contributed by atoms with van der Waals surface area (Å²) in [4.78, 5) is 4.92. The van der Waals surface area contributed by atoms with Crippen LogP contribution in [0.25, 0.3) is 10.6 Å². The molecule has 1 N–H and O–H groups in total. The normalized spacial score (nSPS) is 10.6. The highest BCUT2D eigenvalue weighted by Gasteiger charge is 2.14. The molecule has 0 atom stereocenters. The monoisotopic (exact) mass is 269 g/mol. The third kappa shape index (κ3) is 2.44. The van der Waals surface area contributed by atoms with Crippen molar-refractivity contribution in [3.8, 4) is 16.3 Å². The first-order valence-electron chi connectivity index (χ1n) is 5.06. The highest BCUT2D eigenvalue weighted by Crippen LogP contribution is 2.36. The number of aromatic nitrogens is 1. The fourth-order valence-electron chi connectivity index (χ4n) is 1.53. The minimum absolute atomic E-state index is 0.0926. The SMILES string of the molecule is COc1ccc(C)cc1-c1nc(Cl)c(CO)s1. The molecule has 0 bridgehead atoms. The Hall–Kier alpha value is -1.10. The van der Waals surface area contributed by atoms with Crippen molar-refractivity contribution in [3.05, 3.63) is 33.8 Å². The smallest absolute Gasteiger partial charge is 0.146 e. The van der Waals surface area contributed by atoms with Gasteiger partial charge in [0.05, 0.1) is 24.2 Å². The molecule has 0 saturated carbocycles. The fourth-order valence-corrected chi connectivity index (χ4v) is 2.68. The van der Waals surface area contributed by atoms with E-state index in [0.29, 0.717) is 10.0 Å². The quantitative estimate of drug-likeness (QED) is 0.930. The molecule has 0 amide bonds. The van der Waals surface area contributed by atoms with Crippen molar-refractivity contribution in [1.29, 1.82) is 0 Å². The second kappa shape index (κ2) is 5.04. The van der Waals surface area contributed by atoms with Gasteiger partial charge in [-0.15, -0.1) is 11.3 Å². The van der Waals surface area contributed by atoms with Crippen LogP contribution in [-0.2, 0) is 6.61 Å². The lowest BCUT2D eigenvalue weighted by molar-refractivity contribution is 0.285. The molecule has 0 fully saturated rings. The Morgan fingerprint density at radius 1 is 1.47 bits per heavy atom. The molecule has 0 spiro atoms. The number of thiazole rings is 1. The van der Waals surface area contributed by atoms with Gasteiger partial charge in [-0.3, -0.25) is 0 Å². The van der Waals surface area contributed by atoms with E-state index in [4.69, 9.17) is 21.4 Å². The molecule has 0 saturated heterocycles. The third-order valence-electron chi connectivity index (χ3n) is 2.38. The number of halogens is 1. The van der Waals surface area contributed by atoms with Gasteiger partial charge >= 0.3 is 0 Å². The Labute approximate surface area is 109 Å². The molecule has 0 radical (unpaired) electrons. The summed E-state index contributed by atoms with van der Waals surface area (Å²) in [7, 11) is 1.62. The van der Waals surface area contributed by atoms with Crippen LogP contribution in [0.2, 0.25) is 5.15 Å². The van der Waals surface area contributed by atoms with Crippen LogP contribution in [0, 0.1) is 6.92 Å². The standard InChI is InChI=1S/C12H12ClNO2S/c1-7-3-4-9(16-2)8(5-7)12-14-11(13)10(6-15)17-12/h3-5,15H,6H2,1-2H3. The van der Waals surface area contributed by atoms with Crippen LogP contribution in [0.1, 0.15) is 10.4 Å². The second-order valence-corrected chi connectivity index (χ2v) is 5.04. The van der Waals surface area contributed by atoms with Crippen LogP contribution in [0.4, 0.5) is 0 Å². The van der Waals surface area contributed by atoms with Crippen LogP contribution >= 0.6 is 22.9 Å². The first-order valence-corrected chi connectivity index (χ1v) is 6.26. The van der Waals surface area contributed by atoms with E-state index in [1.807, 2.05) is 25.1 Å². The number of aryl methyl sites for hydroxylation is 1. The Kier molecular flexibility index (Phi) is 3.66. The van der Waals surface area contributed by atoms with E-state index in [1.54, 1.807) is 7.11 Å². The van der Waals surface area contributed by atoms with Gasteiger partial charge in [0.15, 0.2) is 0 Å². The van der Waals surface area contributed by atoms with Gasteiger partial charge < -0.3 is 9.84 Å².